The molecule has 4 nitrogen and oxygen atoms in total. The molecule has 2 aromatic rings. The summed E-state index contributed by atoms with van der Waals surface area (Å²) in [6, 6.07) is 16.7. The number of sulfonamides is 1. The van der Waals surface area contributed by atoms with Crippen molar-refractivity contribution in [3.63, 3.8) is 0 Å². The van der Waals surface area contributed by atoms with Crippen molar-refractivity contribution in [3.05, 3.63) is 59.6 Å². The van der Waals surface area contributed by atoms with Crippen LogP contribution in [0.4, 0.5) is 5.69 Å². The maximum atomic E-state index is 12.7. The molecular formula is C15H13ClN2O2S. The molecule has 0 spiro atoms. The van der Waals surface area contributed by atoms with Gasteiger partial charge in [0.15, 0.2) is 0 Å². The lowest BCUT2D eigenvalue weighted by Crippen LogP contribution is -2.31. The fourth-order valence-corrected chi connectivity index (χ4v) is 3.46. The molecule has 108 valence electrons. The molecule has 0 heterocycles. The van der Waals surface area contributed by atoms with Gasteiger partial charge < -0.3 is 0 Å². The van der Waals surface area contributed by atoms with Gasteiger partial charge in [-0.3, -0.25) is 4.31 Å². The van der Waals surface area contributed by atoms with E-state index in [1.807, 2.05) is 6.07 Å². The van der Waals surface area contributed by atoms with Crippen LogP contribution in [0.1, 0.15) is 6.42 Å². The minimum atomic E-state index is -3.72. The van der Waals surface area contributed by atoms with Crippen LogP contribution >= 0.6 is 11.6 Å². The first-order valence-corrected chi connectivity index (χ1v) is 8.08. The maximum Gasteiger partial charge on any atom is 0.264 e. The van der Waals surface area contributed by atoms with Crippen LogP contribution in [0.3, 0.4) is 0 Å². The van der Waals surface area contributed by atoms with Gasteiger partial charge in [-0.15, -0.1) is 0 Å². The molecule has 0 saturated heterocycles. The zero-order valence-corrected chi connectivity index (χ0v) is 12.7. The standard InChI is InChI=1S/C15H13ClN2O2S/c16-13-7-9-15(10-8-13)21(19,20)18(12-4-11-17)14-5-2-1-3-6-14/h1-3,5-10H,4,12H2. The Morgan fingerprint density at radius 1 is 1.05 bits per heavy atom. The zero-order valence-electron chi connectivity index (χ0n) is 11.1. The highest BCUT2D eigenvalue weighted by atomic mass is 35.5. The number of halogens is 1. The average molecular weight is 321 g/mol. The Hall–Kier alpha value is -2.03. The average Bonchev–Trinajstić information content (AvgIpc) is 2.49. The molecule has 0 aliphatic rings. The van der Waals surface area contributed by atoms with Crippen LogP contribution in [0, 0.1) is 11.3 Å². The Kier molecular flexibility index (Phi) is 4.84. The van der Waals surface area contributed by atoms with Gasteiger partial charge in [-0.05, 0) is 36.4 Å². The lowest BCUT2D eigenvalue weighted by molar-refractivity contribution is 0.591. The third-order valence-electron chi connectivity index (χ3n) is 2.87. The first kappa shape index (κ1) is 15.4. The largest absolute Gasteiger partial charge is 0.265 e. The second-order valence-electron chi connectivity index (χ2n) is 4.27. The number of para-hydroxylation sites is 1. The second kappa shape index (κ2) is 6.61. The van der Waals surface area contributed by atoms with E-state index in [1.165, 1.54) is 28.6 Å². The molecule has 0 radical (unpaired) electrons. The summed E-state index contributed by atoms with van der Waals surface area (Å²) in [7, 11) is -3.72. The van der Waals surface area contributed by atoms with Crippen molar-refractivity contribution in [1.82, 2.24) is 0 Å². The van der Waals surface area contributed by atoms with Gasteiger partial charge in [0, 0.05) is 11.6 Å². The topological polar surface area (TPSA) is 61.2 Å². The first-order valence-electron chi connectivity index (χ1n) is 6.26. The molecule has 0 atom stereocenters. The van der Waals surface area contributed by atoms with Crippen LogP contribution in [-0.4, -0.2) is 15.0 Å². The molecule has 0 amide bonds. The number of nitrogens with zero attached hydrogens (tertiary/aromatic N) is 2. The molecule has 0 N–H and O–H groups in total. The number of rotatable bonds is 5. The van der Waals surface area contributed by atoms with Gasteiger partial charge in [-0.25, -0.2) is 8.42 Å². The van der Waals surface area contributed by atoms with Gasteiger partial charge in [0.25, 0.3) is 10.0 Å². The summed E-state index contributed by atoms with van der Waals surface area (Å²) < 4.78 is 26.7. The number of nitriles is 1. The summed E-state index contributed by atoms with van der Waals surface area (Å²) in [5.41, 5.74) is 0.530. The highest BCUT2D eigenvalue weighted by Crippen LogP contribution is 2.24. The Morgan fingerprint density at radius 2 is 1.67 bits per heavy atom. The normalized spacial score (nSPS) is 10.9. The van der Waals surface area contributed by atoms with Gasteiger partial charge in [-0.1, -0.05) is 29.8 Å². The van der Waals surface area contributed by atoms with Crippen molar-refractivity contribution >= 4 is 27.3 Å². The lowest BCUT2D eigenvalue weighted by atomic mass is 10.3. The van der Waals surface area contributed by atoms with Crippen LogP contribution < -0.4 is 4.31 Å². The zero-order chi connectivity index (χ0) is 15.3. The maximum absolute atomic E-state index is 12.7. The Labute approximate surface area is 129 Å². The predicted molar refractivity (Wildman–Crippen MR) is 82.7 cm³/mol. The van der Waals surface area contributed by atoms with Crippen LogP contribution in [0.25, 0.3) is 0 Å². The smallest absolute Gasteiger partial charge is 0.264 e. The molecule has 2 aromatic carbocycles. The fraction of sp³-hybridized carbons (Fsp3) is 0.133. The van der Waals surface area contributed by atoms with E-state index in [0.29, 0.717) is 10.7 Å². The second-order valence-corrected chi connectivity index (χ2v) is 6.57. The number of hydrogen-bond donors (Lipinski definition) is 0. The number of anilines is 1. The molecule has 0 fully saturated rings. The molecule has 0 saturated carbocycles. The lowest BCUT2D eigenvalue weighted by Gasteiger charge is -2.23. The molecule has 0 aliphatic heterocycles. The van der Waals surface area contributed by atoms with E-state index in [0.717, 1.165) is 0 Å². The van der Waals surface area contributed by atoms with Gasteiger partial charge >= 0.3 is 0 Å². The number of hydrogen-bond acceptors (Lipinski definition) is 3. The Balaban J connectivity index is 2.45. The summed E-state index contributed by atoms with van der Waals surface area (Å²) >= 11 is 5.79. The van der Waals surface area contributed by atoms with Gasteiger partial charge in [0.05, 0.1) is 23.1 Å². The van der Waals surface area contributed by atoms with E-state index in [1.54, 1.807) is 30.3 Å². The molecule has 0 bridgehead atoms. The monoisotopic (exact) mass is 320 g/mol. The molecule has 0 unspecified atom stereocenters. The summed E-state index contributed by atoms with van der Waals surface area (Å²) in [6.45, 7) is 0.103. The van der Waals surface area contributed by atoms with Crippen molar-refractivity contribution in [1.29, 1.82) is 5.26 Å². The summed E-state index contributed by atoms with van der Waals surface area (Å²) in [5.74, 6) is 0. The third-order valence-corrected chi connectivity index (χ3v) is 4.97. The van der Waals surface area contributed by atoms with Crippen LogP contribution in [-0.2, 0) is 10.0 Å². The Morgan fingerprint density at radius 3 is 2.24 bits per heavy atom. The van der Waals surface area contributed by atoms with E-state index in [2.05, 4.69) is 0 Å². The fourth-order valence-electron chi connectivity index (χ4n) is 1.87. The molecule has 0 aliphatic carbocycles. The highest BCUT2D eigenvalue weighted by molar-refractivity contribution is 7.92. The van der Waals surface area contributed by atoms with E-state index >= 15 is 0 Å². The van der Waals surface area contributed by atoms with Crippen molar-refractivity contribution < 1.29 is 8.42 Å². The molecule has 0 aromatic heterocycles. The summed E-state index contributed by atoms with van der Waals surface area (Å²) in [4.78, 5) is 0.147. The number of benzene rings is 2. The highest BCUT2D eigenvalue weighted by Gasteiger charge is 2.24. The Bertz CT molecular complexity index is 737. The molecule has 6 heteroatoms. The van der Waals surface area contributed by atoms with Gasteiger partial charge in [-0.2, -0.15) is 5.26 Å². The van der Waals surface area contributed by atoms with Gasteiger partial charge in [0.1, 0.15) is 0 Å². The minimum Gasteiger partial charge on any atom is -0.265 e. The first-order chi connectivity index (χ1) is 10.1. The van der Waals surface area contributed by atoms with Crippen LogP contribution in [0.5, 0.6) is 0 Å². The molecule has 21 heavy (non-hydrogen) atoms. The van der Waals surface area contributed by atoms with Crippen molar-refractivity contribution in [2.24, 2.45) is 0 Å². The minimum absolute atomic E-state index is 0.103. The SMILES string of the molecule is N#CCCN(c1ccccc1)S(=O)(=O)c1ccc(Cl)cc1. The van der Waals surface area contributed by atoms with Crippen LogP contribution in [0.2, 0.25) is 5.02 Å². The molecule has 2 rings (SSSR count). The quantitative estimate of drug-likeness (QED) is 0.847. The van der Waals surface area contributed by atoms with Crippen molar-refractivity contribution in [2.45, 2.75) is 11.3 Å². The summed E-state index contributed by atoms with van der Waals surface area (Å²) in [5, 5.41) is 9.22. The predicted octanol–water partition coefficient (Wildman–Crippen LogP) is 3.45. The van der Waals surface area contributed by atoms with Gasteiger partial charge in [0.2, 0.25) is 0 Å². The summed E-state index contributed by atoms with van der Waals surface area (Å²) in [6.07, 6.45) is 0.113. The van der Waals surface area contributed by atoms with Crippen LogP contribution in [0.15, 0.2) is 59.5 Å². The van der Waals surface area contributed by atoms with Crippen molar-refractivity contribution in [3.8, 4) is 6.07 Å². The van der Waals surface area contributed by atoms with E-state index in [9.17, 15) is 8.42 Å². The van der Waals surface area contributed by atoms with E-state index in [4.69, 9.17) is 16.9 Å². The van der Waals surface area contributed by atoms with Crippen molar-refractivity contribution in [2.75, 3.05) is 10.8 Å². The third kappa shape index (κ3) is 3.54. The van der Waals surface area contributed by atoms with E-state index < -0.39 is 10.0 Å². The molecular weight excluding hydrogens is 308 g/mol. The van der Waals surface area contributed by atoms with E-state index in [-0.39, 0.29) is 17.9 Å².